The number of hydrazone groups is 1. The van der Waals surface area contributed by atoms with E-state index in [1.54, 1.807) is 6.07 Å². The summed E-state index contributed by atoms with van der Waals surface area (Å²) >= 11 is 0. The fourth-order valence-electron chi connectivity index (χ4n) is 3.38. The van der Waals surface area contributed by atoms with E-state index >= 15 is 0 Å². The first kappa shape index (κ1) is 20.3. The number of hydrogen-bond donors (Lipinski definition) is 1. The fourth-order valence-corrected chi connectivity index (χ4v) is 3.38. The minimum Gasteiger partial charge on any atom is -0.482 e. The van der Waals surface area contributed by atoms with Crippen molar-refractivity contribution in [3.8, 4) is 5.75 Å². The lowest BCUT2D eigenvalue weighted by atomic mass is 9.99. The highest BCUT2D eigenvalue weighted by Crippen LogP contribution is 2.17. The second kappa shape index (κ2) is 9.71. The molecule has 3 aromatic rings. The van der Waals surface area contributed by atoms with Gasteiger partial charge >= 0.3 is 5.97 Å². The molecule has 31 heavy (non-hydrogen) atoms. The van der Waals surface area contributed by atoms with E-state index < -0.39 is 5.97 Å². The van der Waals surface area contributed by atoms with E-state index in [1.807, 2.05) is 71.7 Å². The Morgan fingerprint density at radius 3 is 2.26 bits per heavy atom. The van der Waals surface area contributed by atoms with Crippen molar-refractivity contribution in [2.75, 3.05) is 19.8 Å². The Labute approximate surface area is 181 Å². The maximum Gasteiger partial charge on any atom is 0.341 e. The zero-order chi connectivity index (χ0) is 21.5. The van der Waals surface area contributed by atoms with E-state index in [0.29, 0.717) is 19.0 Å². The minimum absolute atomic E-state index is 0.350. The lowest BCUT2D eigenvalue weighted by Gasteiger charge is -2.25. The average molecular weight is 413 g/mol. The molecule has 0 amide bonds. The van der Waals surface area contributed by atoms with E-state index in [1.165, 1.54) is 0 Å². The van der Waals surface area contributed by atoms with Crippen LogP contribution in [0, 0.1) is 0 Å². The molecular formula is C25H23N3O3. The molecule has 6 heteroatoms. The van der Waals surface area contributed by atoms with Gasteiger partial charge in [0.1, 0.15) is 18.1 Å². The van der Waals surface area contributed by atoms with Gasteiger partial charge in [0.15, 0.2) is 6.61 Å². The zero-order valence-corrected chi connectivity index (χ0v) is 17.0. The molecule has 0 radical (unpaired) electrons. The lowest BCUT2D eigenvalue weighted by Crippen LogP contribution is -2.32. The first-order chi connectivity index (χ1) is 15.2. The predicted octanol–water partition coefficient (Wildman–Crippen LogP) is 3.86. The van der Waals surface area contributed by atoms with Gasteiger partial charge in [-0.25, -0.2) is 4.79 Å². The Morgan fingerprint density at radius 1 is 0.903 bits per heavy atom. The van der Waals surface area contributed by atoms with Crippen molar-refractivity contribution >= 4 is 17.4 Å². The van der Waals surface area contributed by atoms with Crippen LogP contribution in [-0.2, 0) is 11.2 Å². The summed E-state index contributed by atoms with van der Waals surface area (Å²) in [7, 11) is 0. The number of carboxylic acids is 1. The normalized spacial score (nSPS) is 13.4. The molecule has 0 fully saturated rings. The first-order valence-corrected chi connectivity index (χ1v) is 10.1. The Kier molecular flexibility index (Phi) is 6.38. The van der Waals surface area contributed by atoms with E-state index in [-0.39, 0.29) is 6.61 Å². The van der Waals surface area contributed by atoms with Gasteiger partial charge in [-0.2, -0.15) is 5.10 Å². The summed E-state index contributed by atoms with van der Waals surface area (Å²) in [5.41, 5.74) is 4.88. The first-order valence-electron chi connectivity index (χ1n) is 10.1. The molecule has 4 rings (SSSR count). The molecule has 1 heterocycles. The van der Waals surface area contributed by atoms with Crippen molar-refractivity contribution in [1.29, 1.82) is 0 Å². The molecule has 0 spiro atoms. The Hall–Kier alpha value is -3.93. The smallest absolute Gasteiger partial charge is 0.341 e. The average Bonchev–Trinajstić information content (AvgIpc) is 2.83. The summed E-state index contributed by atoms with van der Waals surface area (Å²) in [5, 5.41) is 15.7. The van der Waals surface area contributed by atoms with Crippen LogP contribution in [0.4, 0.5) is 0 Å². The monoisotopic (exact) mass is 413 g/mol. The summed E-state index contributed by atoms with van der Waals surface area (Å²) in [4.78, 5) is 15.5. The van der Waals surface area contributed by atoms with Crippen LogP contribution < -0.4 is 4.74 Å². The largest absolute Gasteiger partial charge is 0.482 e. The number of rotatable bonds is 8. The summed E-state index contributed by atoms with van der Waals surface area (Å²) in [6.07, 6.45) is 0.742. The van der Waals surface area contributed by atoms with E-state index in [0.717, 1.165) is 34.5 Å². The topological polar surface area (TPSA) is 74.5 Å². The minimum atomic E-state index is -0.992. The quantitative estimate of drug-likeness (QED) is 0.609. The van der Waals surface area contributed by atoms with Crippen molar-refractivity contribution in [3.63, 3.8) is 0 Å². The number of carbonyl (C=O) groups is 1. The third-order valence-corrected chi connectivity index (χ3v) is 4.87. The van der Waals surface area contributed by atoms with Gasteiger partial charge in [0.2, 0.25) is 0 Å². The summed E-state index contributed by atoms with van der Waals surface area (Å²) in [6, 6.07) is 27.7. The number of carboxylic acid groups (broad SMARTS) is 1. The number of hydrogen-bond acceptors (Lipinski definition) is 5. The summed E-state index contributed by atoms with van der Waals surface area (Å²) in [5.74, 6) is -0.440. The second-order valence-electron chi connectivity index (χ2n) is 7.14. The molecule has 0 aliphatic carbocycles. The van der Waals surface area contributed by atoms with Gasteiger partial charge in [0.25, 0.3) is 0 Å². The van der Waals surface area contributed by atoms with E-state index in [4.69, 9.17) is 19.9 Å². The molecule has 0 bridgehead atoms. The number of aliphatic carboxylic acids is 1. The maximum absolute atomic E-state index is 10.7. The van der Waals surface area contributed by atoms with Gasteiger partial charge in [0.05, 0.1) is 5.71 Å². The van der Waals surface area contributed by atoms with Gasteiger partial charge in [-0.05, 0) is 24.1 Å². The zero-order valence-electron chi connectivity index (χ0n) is 17.0. The molecule has 1 aliphatic rings. The van der Waals surface area contributed by atoms with E-state index in [2.05, 4.69) is 12.1 Å². The third kappa shape index (κ3) is 5.36. The Bertz CT molecular complexity index is 1100. The van der Waals surface area contributed by atoms with Gasteiger partial charge in [-0.3, -0.25) is 10.0 Å². The summed E-state index contributed by atoms with van der Waals surface area (Å²) < 4.78 is 5.28. The van der Waals surface area contributed by atoms with Crippen molar-refractivity contribution in [1.82, 2.24) is 5.01 Å². The Morgan fingerprint density at radius 2 is 1.58 bits per heavy atom. The molecule has 1 aliphatic heterocycles. The highest BCUT2D eigenvalue weighted by molar-refractivity contribution is 6.53. The standard InChI is InChI=1S/C25H23N3O3/c29-23(30)17-31-22-13-7-8-19(16-22)14-15-28-18-26-24(20-9-3-1-4-10-20)25(27-28)21-11-5-2-6-12-21/h1-13,16H,14-15,17-18H2,(H,29,30). The molecule has 0 aromatic heterocycles. The van der Waals surface area contributed by atoms with Crippen LogP contribution >= 0.6 is 0 Å². The van der Waals surface area contributed by atoms with Gasteiger partial charge < -0.3 is 9.84 Å². The van der Waals surface area contributed by atoms with Crippen molar-refractivity contribution in [2.45, 2.75) is 6.42 Å². The summed E-state index contributed by atoms with van der Waals surface area (Å²) in [6.45, 7) is 0.817. The van der Waals surface area contributed by atoms with Crippen LogP contribution in [0.1, 0.15) is 16.7 Å². The molecule has 0 saturated heterocycles. The molecule has 0 atom stereocenters. The number of benzene rings is 3. The lowest BCUT2D eigenvalue weighted by molar-refractivity contribution is -0.139. The van der Waals surface area contributed by atoms with Gasteiger partial charge in [-0.15, -0.1) is 0 Å². The highest BCUT2D eigenvalue weighted by atomic mass is 16.5. The third-order valence-electron chi connectivity index (χ3n) is 4.87. The van der Waals surface area contributed by atoms with Crippen LogP contribution in [0.5, 0.6) is 5.75 Å². The number of ether oxygens (including phenoxy) is 1. The SMILES string of the molecule is O=C(O)COc1cccc(CCN2CN=C(c3ccccc3)C(c3ccccc3)=N2)c1. The molecule has 6 nitrogen and oxygen atoms in total. The molecular weight excluding hydrogens is 390 g/mol. The van der Waals surface area contributed by atoms with Gasteiger partial charge in [0, 0.05) is 17.7 Å². The Balaban J connectivity index is 1.50. The van der Waals surface area contributed by atoms with Crippen LogP contribution in [-0.4, -0.2) is 47.3 Å². The molecule has 0 unspecified atom stereocenters. The van der Waals surface area contributed by atoms with Crippen LogP contribution in [0.3, 0.4) is 0 Å². The van der Waals surface area contributed by atoms with Crippen molar-refractivity contribution < 1.29 is 14.6 Å². The number of nitrogens with zero attached hydrogens (tertiary/aromatic N) is 3. The van der Waals surface area contributed by atoms with Crippen molar-refractivity contribution in [2.24, 2.45) is 10.1 Å². The predicted molar refractivity (Wildman–Crippen MR) is 121 cm³/mol. The van der Waals surface area contributed by atoms with E-state index in [9.17, 15) is 4.79 Å². The van der Waals surface area contributed by atoms with Crippen LogP contribution in [0.2, 0.25) is 0 Å². The second-order valence-corrected chi connectivity index (χ2v) is 7.14. The molecule has 3 aromatic carbocycles. The highest BCUT2D eigenvalue weighted by Gasteiger charge is 2.20. The maximum atomic E-state index is 10.7. The number of aliphatic imine (C=N–C) groups is 1. The molecule has 0 saturated carbocycles. The van der Waals surface area contributed by atoms with Gasteiger partial charge in [-0.1, -0.05) is 72.8 Å². The fraction of sp³-hybridized carbons (Fsp3) is 0.160. The van der Waals surface area contributed by atoms with Crippen LogP contribution in [0.25, 0.3) is 0 Å². The van der Waals surface area contributed by atoms with Crippen molar-refractivity contribution in [3.05, 3.63) is 102 Å². The van der Waals surface area contributed by atoms with Crippen LogP contribution in [0.15, 0.2) is 95.0 Å². The molecule has 1 N–H and O–H groups in total. The molecule has 156 valence electrons.